The minimum absolute atomic E-state index is 0.00501. The highest BCUT2D eigenvalue weighted by molar-refractivity contribution is 6.49. The average Bonchev–Trinajstić information content (AvgIpc) is 2.67. The molecule has 0 N–H and O–H groups in total. The zero-order valence-corrected chi connectivity index (χ0v) is 15.8. The van der Waals surface area contributed by atoms with Crippen molar-refractivity contribution in [2.75, 3.05) is 13.1 Å². The van der Waals surface area contributed by atoms with Crippen molar-refractivity contribution in [1.82, 2.24) is 4.90 Å². The predicted octanol–water partition coefficient (Wildman–Crippen LogP) is 4.06. The first-order chi connectivity index (χ1) is 12.3. The quantitative estimate of drug-likeness (QED) is 0.532. The molecule has 0 heterocycles. The lowest BCUT2D eigenvalue weighted by Gasteiger charge is -2.35. The lowest BCUT2D eigenvalue weighted by atomic mass is 9.90. The van der Waals surface area contributed by atoms with Crippen molar-refractivity contribution in [2.45, 2.75) is 33.2 Å². The number of nitrogens with zero attached hydrogens (tertiary/aromatic N) is 1. The average molecular weight is 351 g/mol. The van der Waals surface area contributed by atoms with E-state index in [1.807, 2.05) is 27.7 Å². The lowest BCUT2D eigenvalue weighted by molar-refractivity contribution is 0.0668. The predicted molar refractivity (Wildman–Crippen MR) is 103 cm³/mol. The smallest absolute Gasteiger partial charge is 0.233 e. The minimum atomic E-state index is -0.630. The molecule has 0 unspecified atom stereocenters. The van der Waals surface area contributed by atoms with Gasteiger partial charge in [0, 0.05) is 16.7 Å². The number of likely N-dealkylation sites (N-methyl/N-ethyl adjacent to an activating group) is 1. The molecular weight excluding hydrogens is 326 g/mol. The largest absolute Gasteiger partial charge is 0.292 e. The van der Waals surface area contributed by atoms with Crippen molar-refractivity contribution in [3.05, 3.63) is 71.3 Å². The van der Waals surface area contributed by atoms with Gasteiger partial charge < -0.3 is 0 Å². The molecule has 0 aliphatic carbocycles. The number of rotatable bonds is 8. The van der Waals surface area contributed by atoms with Crippen molar-refractivity contribution in [3.8, 4) is 0 Å². The molecule has 26 heavy (non-hydrogen) atoms. The van der Waals surface area contributed by atoms with E-state index in [-0.39, 0.29) is 11.3 Å². The van der Waals surface area contributed by atoms with Gasteiger partial charge in [-0.15, -0.1) is 0 Å². The summed E-state index contributed by atoms with van der Waals surface area (Å²) >= 11 is 0. The van der Waals surface area contributed by atoms with Gasteiger partial charge in [0.05, 0.1) is 5.54 Å². The molecule has 2 aromatic carbocycles. The second-order valence-corrected chi connectivity index (χ2v) is 6.66. The summed E-state index contributed by atoms with van der Waals surface area (Å²) in [4.78, 5) is 39.6. The molecule has 0 aromatic heterocycles. The van der Waals surface area contributed by atoms with Gasteiger partial charge in [0.2, 0.25) is 11.6 Å². The van der Waals surface area contributed by atoms with Gasteiger partial charge in [0.1, 0.15) is 0 Å². The van der Waals surface area contributed by atoms with Crippen molar-refractivity contribution in [1.29, 1.82) is 0 Å². The maximum Gasteiger partial charge on any atom is 0.233 e. The number of Topliss-reactive ketones (excluding diaryl/α,β-unsaturated/α-hetero) is 3. The van der Waals surface area contributed by atoms with Crippen LogP contribution in [0.25, 0.3) is 0 Å². The molecule has 0 fully saturated rings. The third-order valence-corrected chi connectivity index (χ3v) is 4.76. The van der Waals surface area contributed by atoms with Crippen LogP contribution in [0.15, 0.2) is 54.6 Å². The highest BCUT2D eigenvalue weighted by atomic mass is 16.2. The Morgan fingerprint density at radius 3 is 1.62 bits per heavy atom. The number of ketones is 3. The molecule has 0 aliphatic rings. The van der Waals surface area contributed by atoms with Gasteiger partial charge in [0.25, 0.3) is 0 Å². The van der Waals surface area contributed by atoms with Gasteiger partial charge in [-0.25, -0.2) is 0 Å². The Morgan fingerprint density at radius 1 is 0.731 bits per heavy atom. The first-order valence-electron chi connectivity index (χ1n) is 8.86. The fraction of sp³-hybridized carbons (Fsp3) is 0.318. The first-order valence-corrected chi connectivity index (χ1v) is 8.86. The molecule has 0 saturated heterocycles. The van der Waals surface area contributed by atoms with E-state index in [0.717, 1.165) is 13.1 Å². The topological polar surface area (TPSA) is 54.5 Å². The Labute approximate surface area is 154 Å². The van der Waals surface area contributed by atoms with Crippen LogP contribution in [0.1, 0.15) is 58.8 Å². The Hall–Kier alpha value is -2.59. The zero-order chi connectivity index (χ0) is 19.3. The summed E-state index contributed by atoms with van der Waals surface area (Å²) in [5.74, 6) is -1.12. The van der Waals surface area contributed by atoms with Crippen molar-refractivity contribution in [3.63, 3.8) is 0 Å². The molecule has 0 spiro atoms. The van der Waals surface area contributed by atoms with Gasteiger partial charge in [-0.2, -0.15) is 0 Å². The highest BCUT2D eigenvalue weighted by Crippen LogP contribution is 2.21. The van der Waals surface area contributed by atoms with Crippen LogP contribution in [0, 0.1) is 0 Å². The Kier molecular flexibility index (Phi) is 6.22. The summed E-state index contributed by atoms with van der Waals surface area (Å²) in [5, 5.41) is 0. The van der Waals surface area contributed by atoms with E-state index < -0.39 is 17.1 Å². The molecular formula is C22H25NO3. The molecule has 4 heteroatoms. The molecule has 2 aromatic rings. The number of benzene rings is 2. The SMILES string of the molecule is CCN(CC)C(C)(C)C(=O)c1ccc(C(=O)C(=O)c2ccccc2)cc1. The second-order valence-electron chi connectivity index (χ2n) is 6.66. The van der Waals surface area contributed by atoms with E-state index in [4.69, 9.17) is 0 Å². The molecule has 0 atom stereocenters. The number of carbonyl (C=O) groups excluding carboxylic acids is 3. The molecule has 0 saturated carbocycles. The third kappa shape index (κ3) is 3.97. The highest BCUT2D eigenvalue weighted by Gasteiger charge is 2.33. The molecule has 0 aliphatic heterocycles. The summed E-state index contributed by atoms with van der Waals surface area (Å²) in [6, 6.07) is 14.8. The van der Waals surface area contributed by atoms with Crippen LogP contribution >= 0.6 is 0 Å². The maximum absolute atomic E-state index is 12.9. The second kappa shape index (κ2) is 8.19. The molecule has 0 bridgehead atoms. The van der Waals surface area contributed by atoms with Crippen LogP contribution in [0.5, 0.6) is 0 Å². The fourth-order valence-corrected chi connectivity index (χ4v) is 3.14. The van der Waals surface area contributed by atoms with E-state index in [1.54, 1.807) is 54.6 Å². The lowest BCUT2D eigenvalue weighted by Crippen LogP contribution is -2.49. The summed E-state index contributed by atoms with van der Waals surface area (Å²) < 4.78 is 0. The van der Waals surface area contributed by atoms with E-state index in [9.17, 15) is 14.4 Å². The monoisotopic (exact) mass is 351 g/mol. The van der Waals surface area contributed by atoms with Gasteiger partial charge >= 0.3 is 0 Å². The van der Waals surface area contributed by atoms with Crippen molar-refractivity contribution < 1.29 is 14.4 Å². The molecule has 0 amide bonds. The molecule has 4 nitrogen and oxygen atoms in total. The molecule has 0 radical (unpaired) electrons. The molecule has 2 rings (SSSR count). The van der Waals surface area contributed by atoms with E-state index >= 15 is 0 Å². The Balaban J connectivity index is 2.21. The fourth-order valence-electron chi connectivity index (χ4n) is 3.14. The first kappa shape index (κ1) is 19.7. The van der Waals surface area contributed by atoms with Crippen molar-refractivity contribution >= 4 is 17.3 Å². The Bertz CT molecular complexity index is 788. The van der Waals surface area contributed by atoms with Crippen molar-refractivity contribution in [2.24, 2.45) is 0 Å². The summed E-state index contributed by atoms with van der Waals surface area (Å²) in [5.41, 5.74) is 0.552. The maximum atomic E-state index is 12.9. The molecule has 136 valence electrons. The zero-order valence-electron chi connectivity index (χ0n) is 15.8. The van der Waals surface area contributed by atoms with E-state index in [1.165, 1.54) is 0 Å². The van der Waals surface area contributed by atoms with E-state index in [2.05, 4.69) is 4.90 Å². The minimum Gasteiger partial charge on any atom is -0.292 e. The van der Waals surface area contributed by atoms with Crippen LogP contribution in [-0.4, -0.2) is 40.9 Å². The van der Waals surface area contributed by atoms with Crippen LogP contribution in [0.3, 0.4) is 0 Å². The van der Waals surface area contributed by atoms with Gasteiger partial charge in [0.15, 0.2) is 5.78 Å². The normalized spacial score (nSPS) is 11.4. The number of carbonyl (C=O) groups is 3. The third-order valence-electron chi connectivity index (χ3n) is 4.76. The van der Waals surface area contributed by atoms with Crippen LogP contribution in [0.2, 0.25) is 0 Å². The van der Waals surface area contributed by atoms with E-state index in [0.29, 0.717) is 11.1 Å². The standard InChI is InChI=1S/C22H25NO3/c1-5-23(6-2)22(3,4)21(26)18-14-12-17(13-15-18)20(25)19(24)16-10-8-7-9-11-16/h7-15H,5-6H2,1-4H3. The van der Waals surface area contributed by atoms with Gasteiger partial charge in [-0.05, 0) is 26.9 Å². The van der Waals surface area contributed by atoms with Crippen LogP contribution in [0.4, 0.5) is 0 Å². The number of hydrogen-bond donors (Lipinski definition) is 0. The van der Waals surface area contributed by atoms with Crippen LogP contribution < -0.4 is 0 Å². The Morgan fingerprint density at radius 2 is 1.15 bits per heavy atom. The summed E-state index contributed by atoms with van der Waals surface area (Å²) in [7, 11) is 0. The number of hydrogen-bond acceptors (Lipinski definition) is 4. The van der Waals surface area contributed by atoms with Gasteiger partial charge in [-0.1, -0.05) is 68.4 Å². The summed E-state index contributed by atoms with van der Waals surface area (Å²) in [6.07, 6.45) is 0. The van der Waals surface area contributed by atoms with Gasteiger partial charge in [-0.3, -0.25) is 19.3 Å². The summed E-state index contributed by atoms with van der Waals surface area (Å²) in [6.45, 7) is 9.40. The van der Waals surface area contributed by atoms with Crippen LogP contribution in [-0.2, 0) is 0 Å².